The van der Waals surface area contributed by atoms with Crippen LogP contribution in [0.3, 0.4) is 0 Å². The lowest BCUT2D eigenvalue weighted by atomic mass is 10.1. The van der Waals surface area contributed by atoms with Crippen LogP contribution in [0.5, 0.6) is 0 Å². The number of piperazine rings is 1. The fourth-order valence-electron chi connectivity index (χ4n) is 4.51. The van der Waals surface area contributed by atoms with Gasteiger partial charge in [0.1, 0.15) is 11.1 Å². The highest BCUT2D eigenvalue weighted by molar-refractivity contribution is 6.35. The van der Waals surface area contributed by atoms with E-state index in [1.54, 1.807) is 17.0 Å². The number of likely N-dealkylation sites (tertiary alicyclic amines) is 1. The van der Waals surface area contributed by atoms with E-state index in [1.165, 1.54) is 4.90 Å². The molecule has 0 aliphatic carbocycles. The molecule has 0 unspecified atom stereocenters. The number of nitrogens with one attached hydrogen (secondary N) is 1. The van der Waals surface area contributed by atoms with E-state index in [0.717, 1.165) is 5.56 Å². The second-order valence-corrected chi connectivity index (χ2v) is 9.97. The lowest BCUT2D eigenvalue weighted by molar-refractivity contribution is -0.135. The highest BCUT2D eigenvalue weighted by Gasteiger charge is 2.37. The Balaban J connectivity index is 1.45. The van der Waals surface area contributed by atoms with Gasteiger partial charge in [0.05, 0.1) is 11.7 Å². The van der Waals surface area contributed by atoms with Crippen LogP contribution in [0.2, 0.25) is 15.1 Å². The standard InChI is InChI=1S/C23H27Cl3N6O3/c1-13(16-6-5-15(24)12-17(16)25)27-20-19(26)14(2)28-22(29-20)31-10-8-30(9-11-31)21(33)18-4-3-7-32(18)23(34)35/h5-6,12-13,18H,3-4,7-11H2,1-2H3,(H,34,35)(H,27,28,29)/t13-,18-/m1/s1. The SMILES string of the molecule is Cc1nc(N2CCN(C(=O)[C@H]3CCCN3C(=O)O)CC2)nc(N[C@H](C)c2ccc(Cl)cc2Cl)c1Cl. The number of carboxylic acid groups (broad SMARTS) is 1. The van der Waals surface area contributed by atoms with Crippen LogP contribution in [0.1, 0.15) is 37.1 Å². The third kappa shape index (κ3) is 5.52. The average molecular weight is 542 g/mol. The summed E-state index contributed by atoms with van der Waals surface area (Å²) in [6.45, 7) is 6.17. The average Bonchev–Trinajstić information content (AvgIpc) is 3.32. The molecule has 2 aromatic rings. The lowest BCUT2D eigenvalue weighted by Crippen LogP contribution is -2.54. The van der Waals surface area contributed by atoms with E-state index in [2.05, 4.69) is 15.3 Å². The summed E-state index contributed by atoms with van der Waals surface area (Å²) in [5.74, 6) is 0.881. The molecule has 188 valence electrons. The molecule has 1 aromatic heterocycles. The summed E-state index contributed by atoms with van der Waals surface area (Å²) >= 11 is 18.9. The molecule has 2 saturated heterocycles. The number of aryl methyl sites for hydroxylation is 1. The first-order valence-corrected chi connectivity index (χ1v) is 12.6. The summed E-state index contributed by atoms with van der Waals surface area (Å²) < 4.78 is 0. The molecule has 2 fully saturated rings. The minimum Gasteiger partial charge on any atom is -0.465 e. The van der Waals surface area contributed by atoms with Crippen LogP contribution in [-0.2, 0) is 4.79 Å². The molecule has 35 heavy (non-hydrogen) atoms. The Hall–Kier alpha value is -2.49. The molecule has 3 heterocycles. The van der Waals surface area contributed by atoms with Gasteiger partial charge in [0.2, 0.25) is 11.9 Å². The van der Waals surface area contributed by atoms with Crippen molar-refractivity contribution in [2.24, 2.45) is 0 Å². The fourth-order valence-corrected chi connectivity index (χ4v) is 5.22. The largest absolute Gasteiger partial charge is 0.465 e. The van der Waals surface area contributed by atoms with Crippen LogP contribution in [0.25, 0.3) is 0 Å². The zero-order chi connectivity index (χ0) is 25.3. The van der Waals surface area contributed by atoms with E-state index < -0.39 is 12.1 Å². The zero-order valence-corrected chi connectivity index (χ0v) is 21.7. The summed E-state index contributed by atoms with van der Waals surface area (Å²) in [5.41, 5.74) is 1.49. The molecule has 2 aliphatic rings. The summed E-state index contributed by atoms with van der Waals surface area (Å²) in [7, 11) is 0. The summed E-state index contributed by atoms with van der Waals surface area (Å²) in [6.07, 6.45) is 0.227. The van der Waals surface area contributed by atoms with Gasteiger partial charge in [-0.1, -0.05) is 40.9 Å². The summed E-state index contributed by atoms with van der Waals surface area (Å²) in [6, 6.07) is 4.55. The summed E-state index contributed by atoms with van der Waals surface area (Å²) in [5, 5.41) is 14.2. The van der Waals surface area contributed by atoms with E-state index in [0.29, 0.717) is 78.1 Å². The van der Waals surface area contributed by atoms with Crippen molar-refractivity contribution >= 4 is 58.6 Å². The molecule has 0 spiro atoms. The molecule has 2 aliphatic heterocycles. The smallest absolute Gasteiger partial charge is 0.407 e. The van der Waals surface area contributed by atoms with Crippen molar-refractivity contribution in [2.45, 2.75) is 38.8 Å². The third-order valence-electron chi connectivity index (χ3n) is 6.45. The van der Waals surface area contributed by atoms with Crippen LogP contribution in [-0.4, -0.2) is 75.6 Å². The van der Waals surface area contributed by atoms with Gasteiger partial charge >= 0.3 is 6.09 Å². The second kappa shape index (κ2) is 10.6. The van der Waals surface area contributed by atoms with Gasteiger partial charge in [0.15, 0.2) is 5.82 Å². The number of carbonyl (C=O) groups excluding carboxylic acids is 1. The monoisotopic (exact) mass is 540 g/mol. The molecule has 0 radical (unpaired) electrons. The minimum atomic E-state index is -1.04. The predicted molar refractivity (Wildman–Crippen MR) is 137 cm³/mol. The van der Waals surface area contributed by atoms with E-state index in [1.807, 2.05) is 24.8 Å². The Labute approximate surface area is 219 Å². The van der Waals surface area contributed by atoms with Gasteiger partial charge in [-0.2, -0.15) is 4.98 Å². The van der Waals surface area contributed by atoms with Crippen molar-refractivity contribution in [1.29, 1.82) is 0 Å². The molecular weight excluding hydrogens is 515 g/mol. The van der Waals surface area contributed by atoms with Crippen molar-refractivity contribution in [3.8, 4) is 0 Å². The van der Waals surface area contributed by atoms with Gasteiger partial charge in [-0.3, -0.25) is 9.69 Å². The quantitative estimate of drug-likeness (QED) is 0.565. The molecular formula is C23H27Cl3N6O3. The van der Waals surface area contributed by atoms with Gasteiger partial charge in [-0.25, -0.2) is 9.78 Å². The molecule has 0 bridgehead atoms. The van der Waals surface area contributed by atoms with Crippen LogP contribution in [0.4, 0.5) is 16.6 Å². The van der Waals surface area contributed by atoms with Gasteiger partial charge in [-0.05, 0) is 44.4 Å². The number of halogens is 3. The van der Waals surface area contributed by atoms with E-state index >= 15 is 0 Å². The molecule has 2 atom stereocenters. The molecule has 12 heteroatoms. The first-order chi connectivity index (χ1) is 16.7. The molecule has 4 rings (SSSR count). The normalized spacial score (nSPS) is 19.1. The maximum atomic E-state index is 12.9. The van der Waals surface area contributed by atoms with Gasteiger partial charge in [0, 0.05) is 42.8 Å². The highest BCUT2D eigenvalue weighted by Crippen LogP contribution is 2.32. The second-order valence-electron chi connectivity index (χ2n) is 8.75. The number of nitrogens with zero attached hydrogens (tertiary/aromatic N) is 5. The number of rotatable bonds is 5. The molecule has 2 N–H and O–H groups in total. The van der Waals surface area contributed by atoms with Crippen molar-refractivity contribution < 1.29 is 14.7 Å². The van der Waals surface area contributed by atoms with Crippen LogP contribution in [0.15, 0.2) is 18.2 Å². The minimum absolute atomic E-state index is 0.131. The maximum Gasteiger partial charge on any atom is 0.407 e. The Morgan fingerprint density at radius 2 is 1.83 bits per heavy atom. The number of amides is 2. The molecule has 9 nitrogen and oxygen atoms in total. The number of hydrogen-bond acceptors (Lipinski definition) is 6. The van der Waals surface area contributed by atoms with Crippen molar-refractivity contribution in [3.05, 3.63) is 44.5 Å². The van der Waals surface area contributed by atoms with Gasteiger partial charge < -0.3 is 20.2 Å². The molecule has 0 saturated carbocycles. The topological polar surface area (TPSA) is 102 Å². The van der Waals surface area contributed by atoms with Crippen LogP contribution < -0.4 is 10.2 Å². The number of benzene rings is 1. The zero-order valence-electron chi connectivity index (χ0n) is 19.5. The van der Waals surface area contributed by atoms with Crippen molar-refractivity contribution in [2.75, 3.05) is 42.9 Å². The number of aromatic nitrogens is 2. The number of anilines is 2. The molecule has 2 amide bonds. The van der Waals surface area contributed by atoms with E-state index in [-0.39, 0.29) is 11.9 Å². The number of carbonyl (C=O) groups is 2. The van der Waals surface area contributed by atoms with E-state index in [4.69, 9.17) is 34.8 Å². The van der Waals surface area contributed by atoms with E-state index in [9.17, 15) is 14.7 Å². The maximum absolute atomic E-state index is 12.9. The number of hydrogen-bond donors (Lipinski definition) is 2. The Morgan fingerprint density at radius 1 is 1.11 bits per heavy atom. The van der Waals surface area contributed by atoms with Crippen LogP contribution >= 0.6 is 34.8 Å². The molecule has 1 aromatic carbocycles. The Morgan fingerprint density at radius 3 is 2.49 bits per heavy atom. The predicted octanol–water partition coefficient (Wildman–Crippen LogP) is 4.71. The summed E-state index contributed by atoms with van der Waals surface area (Å²) in [4.78, 5) is 38.6. The third-order valence-corrected chi connectivity index (χ3v) is 7.46. The van der Waals surface area contributed by atoms with Crippen LogP contribution in [0, 0.1) is 6.92 Å². The first kappa shape index (κ1) is 25.6. The van der Waals surface area contributed by atoms with Crippen molar-refractivity contribution in [1.82, 2.24) is 19.8 Å². The highest BCUT2D eigenvalue weighted by atomic mass is 35.5. The first-order valence-electron chi connectivity index (χ1n) is 11.4. The van der Waals surface area contributed by atoms with Gasteiger partial charge in [0.25, 0.3) is 0 Å². The van der Waals surface area contributed by atoms with Gasteiger partial charge in [-0.15, -0.1) is 0 Å². The lowest BCUT2D eigenvalue weighted by Gasteiger charge is -2.37. The van der Waals surface area contributed by atoms with Crippen molar-refractivity contribution in [3.63, 3.8) is 0 Å². The Kier molecular flexibility index (Phi) is 7.78. The fraction of sp³-hybridized carbons (Fsp3) is 0.478. The Bertz CT molecular complexity index is 1130.